The van der Waals surface area contributed by atoms with Crippen molar-refractivity contribution in [3.05, 3.63) is 41.9 Å². The fourth-order valence-electron chi connectivity index (χ4n) is 1.17. The molecule has 1 aromatic rings. The number of rotatable bonds is 1. The lowest BCUT2D eigenvalue weighted by Gasteiger charge is -2.14. The Morgan fingerprint density at radius 3 is 3.00 bits per heavy atom. The zero-order valence-corrected chi connectivity index (χ0v) is 6.36. The Labute approximate surface area is 69.8 Å². The standard InChI is InChI=1S/C9H8O3/c10-12-9-6-5-7-3-1-2-4-8(7)11-9/h1-4,6,10H,5H2. The van der Waals surface area contributed by atoms with E-state index in [0.29, 0.717) is 0 Å². The Bertz CT molecular complexity index is 317. The second kappa shape index (κ2) is 2.87. The Morgan fingerprint density at radius 2 is 2.17 bits per heavy atom. The molecular weight excluding hydrogens is 156 g/mol. The second-order valence-electron chi connectivity index (χ2n) is 2.53. The Balaban J connectivity index is 2.31. The summed E-state index contributed by atoms with van der Waals surface area (Å²) in [6.45, 7) is 0. The molecule has 3 heteroatoms. The highest BCUT2D eigenvalue weighted by molar-refractivity contribution is 5.37. The van der Waals surface area contributed by atoms with Crippen LogP contribution in [-0.4, -0.2) is 5.26 Å². The maximum Gasteiger partial charge on any atom is 0.318 e. The molecule has 1 heterocycles. The Hall–Kier alpha value is -1.48. The first-order chi connectivity index (χ1) is 5.90. The van der Waals surface area contributed by atoms with Crippen LogP contribution < -0.4 is 4.74 Å². The van der Waals surface area contributed by atoms with Crippen molar-refractivity contribution >= 4 is 0 Å². The quantitative estimate of drug-likeness (QED) is 0.509. The number of ether oxygens (including phenoxy) is 1. The number of allylic oxidation sites excluding steroid dienone is 1. The Morgan fingerprint density at radius 1 is 1.33 bits per heavy atom. The molecule has 62 valence electrons. The van der Waals surface area contributed by atoms with Crippen molar-refractivity contribution in [3.63, 3.8) is 0 Å². The van der Waals surface area contributed by atoms with E-state index in [1.54, 1.807) is 6.08 Å². The van der Waals surface area contributed by atoms with Crippen LogP contribution in [0.3, 0.4) is 0 Å². The smallest absolute Gasteiger partial charge is 0.318 e. The van der Waals surface area contributed by atoms with Gasteiger partial charge in [0.15, 0.2) is 0 Å². The van der Waals surface area contributed by atoms with Crippen molar-refractivity contribution in [3.8, 4) is 5.75 Å². The molecule has 0 saturated heterocycles. The maximum atomic E-state index is 8.32. The van der Waals surface area contributed by atoms with E-state index in [-0.39, 0.29) is 5.95 Å². The van der Waals surface area contributed by atoms with Gasteiger partial charge in [-0.25, -0.2) is 0 Å². The van der Waals surface area contributed by atoms with Gasteiger partial charge in [-0.1, -0.05) is 18.2 Å². The molecular formula is C9H8O3. The number of hydrogen-bond acceptors (Lipinski definition) is 3. The molecule has 0 radical (unpaired) electrons. The monoisotopic (exact) mass is 164 g/mol. The van der Waals surface area contributed by atoms with Crippen molar-refractivity contribution in [2.45, 2.75) is 6.42 Å². The fraction of sp³-hybridized carbons (Fsp3) is 0.111. The minimum Gasteiger partial charge on any atom is -0.424 e. The molecule has 0 bridgehead atoms. The van der Waals surface area contributed by atoms with Crippen molar-refractivity contribution in [2.75, 3.05) is 0 Å². The van der Waals surface area contributed by atoms with E-state index in [2.05, 4.69) is 4.89 Å². The van der Waals surface area contributed by atoms with Crippen LogP contribution >= 0.6 is 0 Å². The molecule has 1 N–H and O–H groups in total. The topological polar surface area (TPSA) is 38.7 Å². The van der Waals surface area contributed by atoms with Gasteiger partial charge in [-0.15, -0.1) is 0 Å². The van der Waals surface area contributed by atoms with Gasteiger partial charge in [-0.3, -0.25) is 0 Å². The van der Waals surface area contributed by atoms with E-state index in [1.165, 1.54) is 0 Å². The van der Waals surface area contributed by atoms with Crippen molar-refractivity contribution < 1.29 is 14.9 Å². The minimum absolute atomic E-state index is 0.147. The predicted molar refractivity (Wildman–Crippen MR) is 42.6 cm³/mol. The Kier molecular flexibility index (Phi) is 1.72. The van der Waals surface area contributed by atoms with E-state index in [0.717, 1.165) is 17.7 Å². The molecule has 0 unspecified atom stereocenters. The van der Waals surface area contributed by atoms with Crippen LogP contribution in [0.2, 0.25) is 0 Å². The van der Waals surface area contributed by atoms with E-state index in [1.807, 2.05) is 24.3 Å². The lowest BCUT2D eigenvalue weighted by molar-refractivity contribution is -0.231. The average molecular weight is 164 g/mol. The number of fused-ring (bicyclic) bond motifs is 1. The summed E-state index contributed by atoms with van der Waals surface area (Å²) in [7, 11) is 0. The molecule has 1 aliphatic heterocycles. The first kappa shape index (κ1) is 7.18. The summed E-state index contributed by atoms with van der Waals surface area (Å²) >= 11 is 0. The second-order valence-corrected chi connectivity index (χ2v) is 2.53. The maximum absolute atomic E-state index is 8.32. The summed E-state index contributed by atoms with van der Waals surface area (Å²) in [4.78, 5) is 3.99. The van der Waals surface area contributed by atoms with Gasteiger partial charge in [0.25, 0.3) is 0 Å². The van der Waals surface area contributed by atoms with Gasteiger partial charge < -0.3 is 9.62 Å². The first-order valence-corrected chi connectivity index (χ1v) is 3.67. The van der Waals surface area contributed by atoms with Crippen LogP contribution in [0.1, 0.15) is 5.56 Å². The third kappa shape index (κ3) is 1.14. The SMILES string of the molecule is OOC1=CCc2ccccc2O1. The van der Waals surface area contributed by atoms with Gasteiger partial charge in [0, 0.05) is 12.5 Å². The summed E-state index contributed by atoms with van der Waals surface area (Å²) in [6, 6.07) is 7.63. The molecule has 0 atom stereocenters. The van der Waals surface area contributed by atoms with E-state index >= 15 is 0 Å². The molecule has 3 nitrogen and oxygen atoms in total. The third-order valence-corrected chi connectivity index (χ3v) is 1.76. The summed E-state index contributed by atoms with van der Waals surface area (Å²) in [5.74, 6) is 0.887. The van der Waals surface area contributed by atoms with Gasteiger partial charge in [0.1, 0.15) is 5.75 Å². The molecule has 1 aromatic carbocycles. The van der Waals surface area contributed by atoms with Crippen molar-refractivity contribution in [1.29, 1.82) is 0 Å². The largest absolute Gasteiger partial charge is 0.424 e. The fourth-order valence-corrected chi connectivity index (χ4v) is 1.17. The van der Waals surface area contributed by atoms with E-state index < -0.39 is 0 Å². The van der Waals surface area contributed by atoms with Gasteiger partial charge in [0.05, 0.1) is 0 Å². The average Bonchev–Trinajstić information content (AvgIpc) is 2.17. The van der Waals surface area contributed by atoms with Crippen LogP contribution in [-0.2, 0) is 11.3 Å². The molecule has 0 spiro atoms. The summed E-state index contributed by atoms with van der Waals surface area (Å²) in [5.41, 5.74) is 1.10. The highest BCUT2D eigenvalue weighted by Gasteiger charge is 2.11. The molecule has 12 heavy (non-hydrogen) atoms. The van der Waals surface area contributed by atoms with Gasteiger partial charge >= 0.3 is 5.95 Å². The molecule has 0 aliphatic carbocycles. The van der Waals surface area contributed by atoms with Crippen LogP contribution in [0.4, 0.5) is 0 Å². The number of hydrogen-bond donors (Lipinski definition) is 1. The highest BCUT2D eigenvalue weighted by Crippen LogP contribution is 2.25. The predicted octanol–water partition coefficient (Wildman–Crippen LogP) is 1.95. The third-order valence-electron chi connectivity index (χ3n) is 1.76. The summed E-state index contributed by atoms with van der Waals surface area (Å²) in [5, 5.41) is 8.32. The zero-order chi connectivity index (χ0) is 8.39. The lowest BCUT2D eigenvalue weighted by Crippen LogP contribution is -2.05. The molecule has 0 saturated carbocycles. The molecule has 0 fully saturated rings. The van der Waals surface area contributed by atoms with Crippen molar-refractivity contribution in [1.82, 2.24) is 0 Å². The molecule has 0 amide bonds. The van der Waals surface area contributed by atoms with Crippen LogP contribution in [0.5, 0.6) is 5.75 Å². The minimum atomic E-state index is 0.147. The van der Waals surface area contributed by atoms with Crippen molar-refractivity contribution in [2.24, 2.45) is 0 Å². The number of para-hydroxylation sites is 1. The summed E-state index contributed by atoms with van der Waals surface area (Å²) < 4.78 is 5.17. The molecule has 1 aliphatic rings. The van der Waals surface area contributed by atoms with Crippen LogP contribution in [0.15, 0.2) is 36.3 Å². The molecule has 0 aromatic heterocycles. The van der Waals surface area contributed by atoms with E-state index in [4.69, 9.17) is 9.99 Å². The van der Waals surface area contributed by atoms with Gasteiger partial charge in [-0.2, -0.15) is 5.26 Å². The lowest BCUT2D eigenvalue weighted by atomic mass is 10.1. The van der Waals surface area contributed by atoms with Crippen LogP contribution in [0.25, 0.3) is 0 Å². The number of benzene rings is 1. The normalized spacial score (nSPS) is 14.2. The molecule has 2 rings (SSSR count). The first-order valence-electron chi connectivity index (χ1n) is 3.67. The van der Waals surface area contributed by atoms with Gasteiger partial charge in [-0.05, 0) is 11.6 Å². The summed E-state index contributed by atoms with van der Waals surface area (Å²) in [6.07, 6.45) is 2.41. The van der Waals surface area contributed by atoms with Crippen LogP contribution in [0, 0.1) is 0 Å². The van der Waals surface area contributed by atoms with E-state index in [9.17, 15) is 0 Å². The zero-order valence-electron chi connectivity index (χ0n) is 6.36. The van der Waals surface area contributed by atoms with Gasteiger partial charge in [0.2, 0.25) is 0 Å². The highest BCUT2D eigenvalue weighted by atomic mass is 17.1.